The minimum Gasteiger partial charge on any atom is -0.545 e. The number of carboxylic acid groups (broad SMARTS) is 1. The molecular weight excluding hydrogens is 242 g/mol. The van der Waals surface area contributed by atoms with Crippen molar-refractivity contribution in [1.29, 1.82) is 5.26 Å². The molecule has 0 saturated heterocycles. The van der Waals surface area contributed by atoms with Crippen LogP contribution in [0.4, 0.5) is 0 Å². The highest BCUT2D eigenvalue weighted by atomic mass is 16.4. The van der Waals surface area contributed by atoms with E-state index in [2.05, 4.69) is 5.10 Å². The first-order valence-corrected chi connectivity index (χ1v) is 5.84. The molecule has 5 heteroatoms. The maximum atomic E-state index is 11.1. The van der Waals surface area contributed by atoms with Crippen LogP contribution < -0.4 is 5.11 Å². The number of aryl methyl sites for hydroxylation is 2. The molecule has 5 nitrogen and oxygen atoms in total. The van der Waals surface area contributed by atoms with Gasteiger partial charge in [-0.15, -0.1) is 0 Å². The van der Waals surface area contributed by atoms with Gasteiger partial charge in [0.1, 0.15) is 5.69 Å². The third-order valence-electron chi connectivity index (χ3n) is 2.76. The van der Waals surface area contributed by atoms with Crippen molar-refractivity contribution in [2.45, 2.75) is 19.9 Å². The lowest BCUT2D eigenvalue weighted by atomic mass is 10.1. The SMILES string of the molecule is Cc1ccc(-c2nn(CCC#N)cc2C(=O)[O-])cc1. The molecule has 0 fully saturated rings. The molecule has 1 heterocycles. The number of carbonyl (C=O) groups is 1. The Bertz CT molecular complexity index is 636. The number of nitrogens with zero attached hydrogens (tertiary/aromatic N) is 3. The summed E-state index contributed by atoms with van der Waals surface area (Å²) in [4.78, 5) is 11.1. The lowest BCUT2D eigenvalue weighted by Crippen LogP contribution is -2.22. The van der Waals surface area contributed by atoms with Crippen molar-refractivity contribution < 1.29 is 9.90 Å². The molecular formula is C14H12N3O2-. The van der Waals surface area contributed by atoms with Crippen LogP contribution in [-0.2, 0) is 6.54 Å². The zero-order chi connectivity index (χ0) is 13.8. The van der Waals surface area contributed by atoms with Gasteiger partial charge in [-0.3, -0.25) is 4.68 Å². The van der Waals surface area contributed by atoms with Crippen molar-refractivity contribution in [2.24, 2.45) is 0 Å². The molecule has 2 aromatic rings. The van der Waals surface area contributed by atoms with Crippen molar-refractivity contribution >= 4 is 5.97 Å². The number of nitriles is 1. The predicted molar refractivity (Wildman–Crippen MR) is 67.0 cm³/mol. The van der Waals surface area contributed by atoms with Crippen LogP contribution in [0.1, 0.15) is 22.3 Å². The quantitative estimate of drug-likeness (QED) is 0.819. The van der Waals surface area contributed by atoms with Crippen LogP contribution in [-0.4, -0.2) is 15.7 Å². The zero-order valence-corrected chi connectivity index (χ0v) is 10.5. The highest BCUT2D eigenvalue weighted by Crippen LogP contribution is 2.22. The minimum atomic E-state index is -1.27. The van der Waals surface area contributed by atoms with E-state index < -0.39 is 5.97 Å². The van der Waals surface area contributed by atoms with Crippen LogP contribution in [0.5, 0.6) is 0 Å². The van der Waals surface area contributed by atoms with E-state index in [-0.39, 0.29) is 12.0 Å². The van der Waals surface area contributed by atoms with Gasteiger partial charge < -0.3 is 9.90 Å². The number of benzene rings is 1. The molecule has 0 radical (unpaired) electrons. The molecule has 1 aromatic heterocycles. The van der Waals surface area contributed by atoms with Crippen LogP contribution >= 0.6 is 0 Å². The molecule has 0 spiro atoms. The summed E-state index contributed by atoms with van der Waals surface area (Å²) >= 11 is 0. The normalized spacial score (nSPS) is 10.1. The van der Waals surface area contributed by atoms with Gasteiger partial charge in [0.05, 0.1) is 25.0 Å². The van der Waals surface area contributed by atoms with Crippen LogP contribution in [0.15, 0.2) is 30.5 Å². The number of aromatic nitrogens is 2. The Morgan fingerprint density at radius 2 is 2.11 bits per heavy atom. The molecule has 2 rings (SSSR count). The molecule has 0 aliphatic heterocycles. The minimum absolute atomic E-state index is 0.0433. The van der Waals surface area contributed by atoms with Gasteiger partial charge in [-0.2, -0.15) is 10.4 Å². The Kier molecular flexibility index (Phi) is 3.62. The van der Waals surface area contributed by atoms with E-state index in [9.17, 15) is 9.90 Å². The van der Waals surface area contributed by atoms with E-state index in [4.69, 9.17) is 5.26 Å². The topological polar surface area (TPSA) is 81.7 Å². The van der Waals surface area contributed by atoms with Gasteiger partial charge in [-0.05, 0) is 6.92 Å². The Hall–Kier alpha value is -2.61. The second-order valence-electron chi connectivity index (χ2n) is 4.22. The maximum Gasteiger partial charge on any atom is 0.101 e. The summed E-state index contributed by atoms with van der Waals surface area (Å²) in [6, 6.07) is 9.42. The standard InChI is InChI=1S/C14H13N3O2/c1-10-3-5-11(6-4-10)13-12(14(18)19)9-17(16-13)8-2-7-15/h3-6,9H,2,8H2,1H3,(H,18,19)/p-1. The summed E-state index contributed by atoms with van der Waals surface area (Å²) in [6.07, 6.45) is 1.68. The summed E-state index contributed by atoms with van der Waals surface area (Å²) in [5, 5.41) is 23.9. The second kappa shape index (κ2) is 5.36. The Morgan fingerprint density at radius 1 is 1.42 bits per heavy atom. The number of carboxylic acids is 1. The lowest BCUT2D eigenvalue weighted by molar-refractivity contribution is -0.254. The van der Waals surface area contributed by atoms with E-state index in [1.54, 1.807) is 0 Å². The predicted octanol–water partition coefficient (Wildman–Crippen LogP) is 1.14. The largest absolute Gasteiger partial charge is 0.545 e. The molecule has 0 amide bonds. The molecule has 0 N–H and O–H groups in total. The maximum absolute atomic E-state index is 11.1. The first-order valence-electron chi connectivity index (χ1n) is 5.84. The lowest BCUT2D eigenvalue weighted by Gasteiger charge is -2.03. The van der Waals surface area contributed by atoms with Gasteiger partial charge >= 0.3 is 0 Å². The average molecular weight is 254 g/mol. The van der Waals surface area contributed by atoms with Crippen molar-refractivity contribution in [3.8, 4) is 17.3 Å². The first kappa shape index (κ1) is 12.8. The van der Waals surface area contributed by atoms with Crippen LogP contribution in [0.3, 0.4) is 0 Å². The molecule has 96 valence electrons. The monoisotopic (exact) mass is 254 g/mol. The Morgan fingerprint density at radius 3 is 2.68 bits per heavy atom. The van der Waals surface area contributed by atoms with E-state index in [0.29, 0.717) is 12.2 Å². The van der Waals surface area contributed by atoms with E-state index in [0.717, 1.165) is 11.1 Å². The summed E-state index contributed by atoms with van der Waals surface area (Å²) in [5.41, 5.74) is 2.22. The Labute approximate surface area is 110 Å². The van der Waals surface area contributed by atoms with Gasteiger partial charge in [-0.25, -0.2) is 0 Å². The van der Waals surface area contributed by atoms with Crippen LogP contribution in [0.25, 0.3) is 11.3 Å². The molecule has 0 saturated carbocycles. The molecule has 1 aromatic carbocycles. The first-order chi connectivity index (χ1) is 9.11. The number of hydrogen-bond acceptors (Lipinski definition) is 4. The molecule has 0 unspecified atom stereocenters. The molecule has 0 aliphatic carbocycles. The summed E-state index contributed by atoms with van der Waals surface area (Å²) in [6.45, 7) is 2.32. The fourth-order valence-corrected chi connectivity index (χ4v) is 1.77. The number of aromatic carboxylic acids is 1. The third kappa shape index (κ3) is 2.80. The summed E-state index contributed by atoms with van der Waals surface area (Å²) < 4.78 is 1.46. The van der Waals surface area contributed by atoms with Crippen molar-refractivity contribution in [1.82, 2.24) is 9.78 Å². The second-order valence-corrected chi connectivity index (χ2v) is 4.22. The number of carbonyl (C=O) groups excluding carboxylic acids is 1. The Balaban J connectivity index is 2.43. The highest BCUT2D eigenvalue weighted by Gasteiger charge is 2.11. The third-order valence-corrected chi connectivity index (χ3v) is 2.76. The number of hydrogen-bond donors (Lipinski definition) is 0. The van der Waals surface area contributed by atoms with Crippen molar-refractivity contribution in [3.05, 3.63) is 41.6 Å². The van der Waals surface area contributed by atoms with E-state index >= 15 is 0 Å². The summed E-state index contributed by atoms with van der Waals surface area (Å²) in [7, 11) is 0. The molecule has 0 atom stereocenters. The van der Waals surface area contributed by atoms with Gasteiger partial charge in [0.25, 0.3) is 0 Å². The molecule has 19 heavy (non-hydrogen) atoms. The van der Waals surface area contributed by atoms with Crippen LogP contribution in [0.2, 0.25) is 0 Å². The fraction of sp³-hybridized carbons (Fsp3) is 0.214. The highest BCUT2D eigenvalue weighted by molar-refractivity contribution is 5.93. The molecule has 0 bridgehead atoms. The van der Waals surface area contributed by atoms with Crippen molar-refractivity contribution in [2.75, 3.05) is 0 Å². The number of rotatable bonds is 4. The zero-order valence-electron chi connectivity index (χ0n) is 10.5. The van der Waals surface area contributed by atoms with Crippen LogP contribution in [0, 0.1) is 18.3 Å². The fourth-order valence-electron chi connectivity index (χ4n) is 1.77. The van der Waals surface area contributed by atoms with E-state index in [1.165, 1.54) is 10.9 Å². The van der Waals surface area contributed by atoms with Gasteiger partial charge in [0.15, 0.2) is 0 Å². The van der Waals surface area contributed by atoms with Crippen molar-refractivity contribution in [3.63, 3.8) is 0 Å². The van der Waals surface area contributed by atoms with E-state index in [1.807, 2.05) is 37.3 Å². The van der Waals surface area contributed by atoms with Gasteiger partial charge in [-0.1, -0.05) is 29.8 Å². The smallest absolute Gasteiger partial charge is 0.101 e. The van der Waals surface area contributed by atoms with Gasteiger partial charge in [0.2, 0.25) is 0 Å². The average Bonchev–Trinajstić information content (AvgIpc) is 2.81. The van der Waals surface area contributed by atoms with Gasteiger partial charge in [0, 0.05) is 17.3 Å². The molecule has 0 aliphatic rings. The summed E-state index contributed by atoms with van der Waals surface area (Å²) in [5.74, 6) is -1.27.